The fraction of sp³-hybridized carbons (Fsp3) is 0.619. The van der Waals surface area contributed by atoms with E-state index in [0.29, 0.717) is 19.6 Å². The van der Waals surface area contributed by atoms with E-state index in [4.69, 9.17) is 9.73 Å². The summed E-state index contributed by atoms with van der Waals surface area (Å²) in [6, 6.07) is 8.58. The lowest BCUT2D eigenvalue weighted by Crippen LogP contribution is -2.42. The normalized spacial score (nSPS) is 16.3. The van der Waals surface area contributed by atoms with Crippen molar-refractivity contribution in [1.82, 2.24) is 20.9 Å². The maximum Gasteiger partial charge on any atom is 0.216 e. The van der Waals surface area contributed by atoms with Crippen LogP contribution < -0.4 is 20.7 Å². The Morgan fingerprint density at radius 2 is 1.79 bits per heavy atom. The first kappa shape index (κ1) is 22.0. The molecular formula is C21H35N5O2. The second-order valence-corrected chi connectivity index (χ2v) is 7.01. The molecule has 1 saturated heterocycles. The van der Waals surface area contributed by atoms with Crippen molar-refractivity contribution < 1.29 is 9.53 Å². The molecule has 2 rings (SSSR count). The van der Waals surface area contributed by atoms with Crippen LogP contribution in [0.4, 0.5) is 0 Å². The number of hydrogen-bond acceptors (Lipinski definition) is 4. The molecule has 156 valence electrons. The molecule has 7 nitrogen and oxygen atoms in total. The molecule has 1 aliphatic heterocycles. The van der Waals surface area contributed by atoms with Gasteiger partial charge in [-0.2, -0.15) is 0 Å². The summed E-state index contributed by atoms with van der Waals surface area (Å²) in [5.74, 6) is 1.63. The Bertz CT molecular complexity index is 612. The van der Waals surface area contributed by atoms with Crippen LogP contribution in [0.25, 0.3) is 0 Å². The smallest absolute Gasteiger partial charge is 0.216 e. The van der Waals surface area contributed by atoms with Crippen LogP contribution in [-0.4, -0.2) is 63.1 Å². The average molecular weight is 390 g/mol. The third kappa shape index (κ3) is 7.38. The Hall–Kier alpha value is -2.28. The van der Waals surface area contributed by atoms with Gasteiger partial charge in [-0.15, -0.1) is 0 Å². The first-order valence-corrected chi connectivity index (χ1v) is 10.3. The molecule has 28 heavy (non-hydrogen) atoms. The van der Waals surface area contributed by atoms with Crippen LogP contribution in [0.1, 0.15) is 44.7 Å². The van der Waals surface area contributed by atoms with Gasteiger partial charge in [-0.3, -0.25) is 14.7 Å². The minimum absolute atomic E-state index is 0.0200. The second kappa shape index (κ2) is 12.2. The summed E-state index contributed by atoms with van der Waals surface area (Å²) < 4.78 is 5.31. The third-order valence-corrected chi connectivity index (χ3v) is 4.89. The van der Waals surface area contributed by atoms with Gasteiger partial charge in [0.05, 0.1) is 19.7 Å². The van der Waals surface area contributed by atoms with Gasteiger partial charge in [-0.25, -0.2) is 0 Å². The van der Waals surface area contributed by atoms with Gasteiger partial charge < -0.3 is 20.7 Å². The molecule has 1 aromatic rings. The second-order valence-electron chi connectivity index (χ2n) is 7.01. The van der Waals surface area contributed by atoms with Gasteiger partial charge in [0, 0.05) is 26.6 Å². The van der Waals surface area contributed by atoms with Gasteiger partial charge >= 0.3 is 0 Å². The predicted octanol–water partition coefficient (Wildman–Crippen LogP) is 1.91. The topological polar surface area (TPSA) is 78.0 Å². The Kier molecular flexibility index (Phi) is 9.62. The maximum atomic E-state index is 11.0. The zero-order chi connectivity index (χ0) is 20.2. The monoisotopic (exact) mass is 389 g/mol. The highest BCUT2D eigenvalue weighted by atomic mass is 16.5. The van der Waals surface area contributed by atoms with Gasteiger partial charge in [-0.1, -0.05) is 18.6 Å². The van der Waals surface area contributed by atoms with Crippen LogP contribution >= 0.6 is 0 Å². The van der Waals surface area contributed by atoms with Crippen LogP contribution in [0.15, 0.2) is 29.3 Å². The average Bonchev–Trinajstić information content (AvgIpc) is 2.72. The Labute approximate surface area is 168 Å². The van der Waals surface area contributed by atoms with Crippen molar-refractivity contribution in [2.24, 2.45) is 4.99 Å². The molecule has 1 fully saturated rings. The number of benzene rings is 1. The molecule has 1 unspecified atom stereocenters. The summed E-state index contributed by atoms with van der Waals surface area (Å²) in [7, 11) is 1.69. The Morgan fingerprint density at radius 3 is 2.39 bits per heavy atom. The number of likely N-dealkylation sites (tertiary alicyclic amines) is 1. The number of amides is 1. The molecule has 0 aromatic heterocycles. The number of hydrogen-bond donors (Lipinski definition) is 3. The molecule has 1 aliphatic rings. The SMILES string of the molecule is CCNC(=NCC(c1ccc(OC)cc1)N1CCCCC1)NCCNC(C)=O. The molecule has 0 radical (unpaired) electrons. The summed E-state index contributed by atoms with van der Waals surface area (Å²) in [5.41, 5.74) is 1.26. The van der Waals surface area contributed by atoms with Gasteiger partial charge in [-0.05, 0) is 50.6 Å². The number of ether oxygens (including phenoxy) is 1. The lowest BCUT2D eigenvalue weighted by Gasteiger charge is -2.34. The third-order valence-electron chi connectivity index (χ3n) is 4.89. The fourth-order valence-electron chi connectivity index (χ4n) is 3.43. The van der Waals surface area contributed by atoms with Crippen LogP contribution in [0.5, 0.6) is 5.75 Å². The summed E-state index contributed by atoms with van der Waals surface area (Å²) in [5, 5.41) is 9.37. The van der Waals surface area contributed by atoms with Gasteiger partial charge in [0.25, 0.3) is 0 Å². The number of nitrogens with one attached hydrogen (secondary N) is 3. The highest BCUT2D eigenvalue weighted by molar-refractivity contribution is 5.79. The van der Waals surface area contributed by atoms with E-state index in [2.05, 4.69) is 39.9 Å². The summed E-state index contributed by atoms with van der Waals surface area (Å²) in [6.45, 7) is 8.49. The van der Waals surface area contributed by atoms with E-state index in [-0.39, 0.29) is 11.9 Å². The van der Waals surface area contributed by atoms with Crippen LogP contribution in [0, 0.1) is 0 Å². The number of piperidine rings is 1. The largest absolute Gasteiger partial charge is 0.497 e. The molecular weight excluding hydrogens is 354 g/mol. The van der Waals surface area contributed by atoms with Crippen molar-refractivity contribution in [1.29, 1.82) is 0 Å². The molecule has 0 aliphatic carbocycles. The summed E-state index contributed by atoms with van der Waals surface area (Å²) in [4.78, 5) is 18.4. The number of carbonyl (C=O) groups is 1. The van der Waals surface area contributed by atoms with Gasteiger partial charge in [0.1, 0.15) is 5.75 Å². The van der Waals surface area contributed by atoms with E-state index in [1.54, 1.807) is 7.11 Å². The van der Waals surface area contributed by atoms with Crippen molar-refractivity contribution >= 4 is 11.9 Å². The highest BCUT2D eigenvalue weighted by Gasteiger charge is 2.22. The molecule has 1 aromatic carbocycles. The Morgan fingerprint density at radius 1 is 1.11 bits per heavy atom. The van der Waals surface area contributed by atoms with Crippen molar-refractivity contribution in [3.8, 4) is 5.75 Å². The number of methoxy groups -OCH3 is 1. The summed E-state index contributed by atoms with van der Waals surface area (Å²) in [6.07, 6.45) is 3.79. The van der Waals surface area contributed by atoms with Gasteiger partial charge in [0.2, 0.25) is 5.91 Å². The lowest BCUT2D eigenvalue weighted by atomic mass is 10.0. The standard InChI is InChI=1S/C21H35N5O2/c1-4-22-21(24-13-12-23-17(2)27)25-16-20(26-14-6-5-7-15-26)18-8-10-19(28-3)11-9-18/h8-11,20H,4-7,12-16H2,1-3H3,(H,23,27)(H2,22,24,25). The van der Waals surface area contributed by atoms with Crippen molar-refractivity contribution in [3.63, 3.8) is 0 Å². The predicted molar refractivity (Wildman–Crippen MR) is 114 cm³/mol. The number of guanidine groups is 1. The molecule has 0 spiro atoms. The van der Waals surface area contributed by atoms with Crippen LogP contribution in [0.2, 0.25) is 0 Å². The van der Waals surface area contributed by atoms with E-state index in [0.717, 1.165) is 31.3 Å². The molecule has 0 bridgehead atoms. The van der Waals surface area contributed by atoms with E-state index in [9.17, 15) is 4.79 Å². The quantitative estimate of drug-likeness (QED) is 0.342. The molecule has 1 heterocycles. The highest BCUT2D eigenvalue weighted by Crippen LogP contribution is 2.26. The number of nitrogens with zero attached hydrogens (tertiary/aromatic N) is 2. The summed E-state index contributed by atoms with van der Waals surface area (Å²) >= 11 is 0. The first-order chi connectivity index (χ1) is 13.6. The molecule has 0 saturated carbocycles. The Balaban J connectivity index is 2.07. The first-order valence-electron chi connectivity index (χ1n) is 10.3. The number of aliphatic imine (C=N–C) groups is 1. The van der Waals surface area contributed by atoms with Gasteiger partial charge in [0.15, 0.2) is 5.96 Å². The molecule has 1 atom stereocenters. The van der Waals surface area contributed by atoms with Crippen molar-refractivity contribution in [3.05, 3.63) is 29.8 Å². The molecule has 3 N–H and O–H groups in total. The van der Waals surface area contributed by atoms with E-state index >= 15 is 0 Å². The zero-order valence-electron chi connectivity index (χ0n) is 17.5. The van der Waals surface area contributed by atoms with E-state index in [1.807, 2.05) is 12.1 Å². The van der Waals surface area contributed by atoms with Crippen LogP contribution in [0.3, 0.4) is 0 Å². The minimum Gasteiger partial charge on any atom is -0.497 e. The number of rotatable bonds is 9. The molecule has 7 heteroatoms. The van der Waals surface area contributed by atoms with Crippen LogP contribution in [-0.2, 0) is 4.79 Å². The maximum absolute atomic E-state index is 11.0. The van der Waals surface area contributed by atoms with E-state index in [1.165, 1.54) is 31.7 Å². The van der Waals surface area contributed by atoms with E-state index < -0.39 is 0 Å². The fourth-order valence-corrected chi connectivity index (χ4v) is 3.43. The lowest BCUT2D eigenvalue weighted by molar-refractivity contribution is -0.118. The van der Waals surface area contributed by atoms with Crippen molar-refractivity contribution in [2.45, 2.75) is 39.2 Å². The minimum atomic E-state index is -0.0200. The zero-order valence-corrected chi connectivity index (χ0v) is 17.5. The number of carbonyl (C=O) groups excluding carboxylic acids is 1. The molecule has 1 amide bonds. The van der Waals surface area contributed by atoms with Crippen molar-refractivity contribution in [2.75, 3.05) is 46.4 Å².